The summed E-state index contributed by atoms with van der Waals surface area (Å²) in [5.41, 5.74) is 1.90. The Morgan fingerprint density at radius 3 is 2.17 bits per heavy atom. The number of esters is 2. The summed E-state index contributed by atoms with van der Waals surface area (Å²) in [7, 11) is 0. The molecule has 1 aliphatic carbocycles. The molecule has 1 aromatic rings. The van der Waals surface area contributed by atoms with Crippen molar-refractivity contribution in [1.29, 1.82) is 0 Å². The maximum absolute atomic E-state index is 12.7. The molecule has 2 aliphatic heterocycles. The first-order valence-corrected chi connectivity index (χ1v) is 12.9. The van der Waals surface area contributed by atoms with Crippen LogP contribution in [0.4, 0.5) is 4.79 Å². The van der Waals surface area contributed by atoms with Gasteiger partial charge in [-0.3, -0.25) is 9.59 Å². The number of hydrogen-bond acceptors (Lipinski definition) is 6. The predicted octanol–water partition coefficient (Wildman–Crippen LogP) is 4.29. The molecule has 1 unspecified atom stereocenters. The zero-order chi connectivity index (χ0) is 25.0. The minimum atomic E-state index is -0.634. The number of benzene rings is 1. The number of nitrogens with one attached hydrogen (secondary N) is 2. The fraction of sp³-hybridized carbons (Fsp3) is 0.667. The van der Waals surface area contributed by atoms with Crippen molar-refractivity contribution in [2.75, 3.05) is 26.4 Å². The molecule has 4 rings (SSSR count). The van der Waals surface area contributed by atoms with Gasteiger partial charge < -0.3 is 25.0 Å². The van der Waals surface area contributed by atoms with Gasteiger partial charge in [-0.1, -0.05) is 24.3 Å². The van der Waals surface area contributed by atoms with Crippen molar-refractivity contribution in [3.05, 3.63) is 35.4 Å². The van der Waals surface area contributed by atoms with Crippen LogP contribution in [0.5, 0.6) is 0 Å². The number of rotatable bonds is 6. The Morgan fingerprint density at radius 1 is 0.944 bits per heavy atom. The molecule has 2 amide bonds. The number of carbonyl (C=O) groups is 3. The van der Waals surface area contributed by atoms with E-state index in [-0.39, 0.29) is 49.2 Å². The lowest BCUT2D eigenvalue weighted by Gasteiger charge is -2.36. The monoisotopic (exact) mass is 521 g/mol. The first-order valence-electron chi connectivity index (χ1n) is 12.9. The molecule has 8 nitrogen and oxygen atoms in total. The quantitative estimate of drug-likeness (QED) is 0.428. The summed E-state index contributed by atoms with van der Waals surface area (Å²) < 4.78 is 10.3. The highest BCUT2D eigenvalue weighted by molar-refractivity contribution is 5.85. The van der Waals surface area contributed by atoms with Crippen molar-refractivity contribution in [2.45, 2.75) is 77.3 Å². The van der Waals surface area contributed by atoms with Crippen LogP contribution in [0.25, 0.3) is 0 Å². The summed E-state index contributed by atoms with van der Waals surface area (Å²) in [4.78, 5) is 39.0. The first-order chi connectivity index (χ1) is 16.7. The molecular weight excluding hydrogens is 482 g/mol. The van der Waals surface area contributed by atoms with Crippen LogP contribution in [0.1, 0.15) is 82.4 Å². The van der Waals surface area contributed by atoms with Crippen molar-refractivity contribution in [3.8, 4) is 0 Å². The van der Waals surface area contributed by atoms with E-state index in [2.05, 4.69) is 34.9 Å². The molecule has 0 aromatic heterocycles. The largest absolute Gasteiger partial charge is 0.428 e. The average molecular weight is 522 g/mol. The van der Waals surface area contributed by atoms with E-state index >= 15 is 0 Å². The van der Waals surface area contributed by atoms with Crippen molar-refractivity contribution in [2.24, 2.45) is 11.3 Å². The van der Waals surface area contributed by atoms with E-state index in [0.717, 1.165) is 31.5 Å². The molecule has 2 heterocycles. The normalized spacial score (nSPS) is 25.0. The number of ether oxygens (including phenoxy) is 2. The van der Waals surface area contributed by atoms with Crippen LogP contribution in [0.15, 0.2) is 24.3 Å². The Bertz CT molecular complexity index is 903. The molecule has 200 valence electrons. The summed E-state index contributed by atoms with van der Waals surface area (Å²) in [5, 5.41) is 6.43. The lowest BCUT2D eigenvalue weighted by molar-refractivity contribution is -0.176. The third-order valence-electron chi connectivity index (χ3n) is 7.58. The molecule has 0 radical (unpaired) electrons. The second kappa shape index (κ2) is 12.3. The zero-order valence-electron chi connectivity index (χ0n) is 21.6. The van der Waals surface area contributed by atoms with E-state index in [0.29, 0.717) is 25.3 Å². The van der Waals surface area contributed by atoms with E-state index < -0.39 is 11.4 Å². The number of halogens is 1. The number of piperidine rings is 1. The van der Waals surface area contributed by atoms with Crippen molar-refractivity contribution >= 4 is 30.4 Å². The van der Waals surface area contributed by atoms with Crippen LogP contribution in [0.3, 0.4) is 0 Å². The highest BCUT2D eigenvalue weighted by Gasteiger charge is 2.40. The lowest BCUT2D eigenvalue weighted by atomic mass is 9.84. The predicted molar refractivity (Wildman–Crippen MR) is 139 cm³/mol. The van der Waals surface area contributed by atoms with Gasteiger partial charge in [-0.15, -0.1) is 12.4 Å². The Morgan fingerprint density at radius 2 is 1.56 bits per heavy atom. The van der Waals surface area contributed by atoms with Crippen LogP contribution in [-0.4, -0.2) is 55.3 Å². The number of urea groups is 1. The fourth-order valence-corrected chi connectivity index (χ4v) is 5.42. The van der Waals surface area contributed by atoms with Gasteiger partial charge in [0.25, 0.3) is 0 Å². The maximum Gasteiger partial charge on any atom is 0.318 e. The molecule has 9 heteroatoms. The SMILES string of the molecule is CC(C)(C)C(=O)OCOC(=O)[C@H]1CC[C@H](N2C(=O)NCC2c2ccc(C3CCNCC3)cc2)CC1.Cl. The summed E-state index contributed by atoms with van der Waals surface area (Å²) in [6, 6.07) is 8.88. The number of hydrogen-bond donors (Lipinski definition) is 2. The molecular formula is C27H40ClN3O5. The Balaban J connectivity index is 0.00000361. The van der Waals surface area contributed by atoms with Gasteiger partial charge in [0.2, 0.25) is 6.79 Å². The van der Waals surface area contributed by atoms with Gasteiger partial charge in [-0.25, -0.2) is 4.79 Å². The zero-order valence-corrected chi connectivity index (χ0v) is 22.4. The molecule has 36 heavy (non-hydrogen) atoms. The third-order valence-corrected chi connectivity index (χ3v) is 7.58. The van der Waals surface area contributed by atoms with Crippen LogP contribution >= 0.6 is 12.4 Å². The third kappa shape index (κ3) is 6.71. The maximum atomic E-state index is 12.7. The van der Waals surface area contributed by atoms with Gasteiger partial charge in [-0.05, 0) is 89.4 Å². The van der Waals surface area contributed by atoms with E-state index in [1.807, 2.05) is 4.90 Å². The molecule has 3 aliphatic rings. The minimum Gasteiger partial charge on any atom is -0.428 e. The van der Waals surface area contributed by atoms with Crippen LogP contribution < -0.4 is 10.6 Å². The molecule has 0 spiro atoms. The van der Waals surface area contributed by atoms with E-state index in [9.17, 15) is 14.4 Å². The number of carbonyl (C=O) groups excluding carboxylic acids is 3. The van der Waals surface area contributed by atoms with E-state index in [4.69, 9.17) is 9.47 Å². The first kappa shape index (κ1) is 28.3. The molecule has 2 saturated heterocycles. The molecule has 2 N–H and O–H groups in total. The lowest BCUT2D eigenvalue weighted by Crippen LogP contribution is -2.42. The molecule has 0 bridgehead atoms. The van der Waals surface area contributed by atoms with Gasteiger partial charge in [0.15, 0.2) is 0 Å². The minimum absolute atomic E-state index is 0. The second-order valence-corrected chi connectivity index (χ2v) is 11.1. The van der Waals surface area contributed by atoms with E-state index in [1.54, 1.807) is 20.8 Å². The summed E-state index contributed by atoms with van der Waals surface area (Å²) in [6.45, 7) is 7.65. The number of amides is 2. The second-order valence-electron chi connectivity index (χ2n) is 11.1. The smallest absolute Gasteiger partial charge is 0.318 e. The topological polar surface area (TPSA) is 97.0 Å². The molecule has 1 aromatic carbocycles. The average Bonchev–Trinajstić information content (AvgIpc) is 3.25. The Labute approximate surface area is 220 Å². The van der Waals surface area contributed by atoms with Gasteiger partial charge in [0.05, 0.1) is 17.4 Å². The molecule has 1 atom stereocenters. The van der Waals surface area contributed by atoms with E-state index in [1.165, 1.54) is 18.4 Å². The summed E-state index contributed by atoms with van der Waals surface area (Å²) in [6.07, 6.45) is 5.14. The van der Waals surface area contributed by atoms with Crippen molar-refractivity contribution in [1.82, 2.24) is 15.5 Å². The van der Waals surface area contributed by atoms with Gasteiger partial charge in [0, 0.05) is 12.6 Å². The Hall–Kier alpha value is -2.32. The van der Waals surface area contributed by atoms with Crippen molar-refractivity contribution in [3.63, 3.8) is 0 Å². The summed E-state index contributed by atoms with van der Waals surface area (Å²) in [5.74, 6) is -0.352. The highest BCUT2D eigenvalue weighted by Crippen LogP contribution is 2.36. The van der Waals surface area contributed by atoms with Gasteiger partial charge in [0.1, 0.15) is 0 Å². The van der Waals surface area contributed by atoms with Crippen LogP contribution in [0.2, 0.25) is 0 Å². The van der Waals surface area contributed by atoms with Gasteiger partial charge in [-0.2, -0.15) is 0 Å². The Kier molecular flexibility index (Phi) is 9.64. The van der Waals surface area contributed by atoms with Crippen LogP contribution in [-0.2, 0) is 19.1 Å². The highest BCUT2D eigenvalue weighted by atomic mass is 35.5. The molecule has 1 saturated carbocycles. The standard InChI is InChI=1S/C27H39N3O5.ClH/c1-27(2,3)25(32)35-17-34-24(31)21-8-10-22(11-9-21)30-23(16-29-26(30)33)20-6-4-18(5-7-20)19-12-14-28-15-13-19;/h4-7,19,21-23,28H,8-17H2,1-3H3,(H,29,33);1H/t21-,22-,23?;. The fourth-order valence-electron chi connectivity index (χ4n) is 5.42. The van der Waals surface area contributed by atoms with Gasteiger partial charge >= 0.3 is 18.0 Å². The van der Waals surface area contributed by atoms with Crippen LogP contribution in [0, 0.1) is 11.3 Å². The molecule has 3 fully saturated rings. The van der Waals surface area contributed by atoms with Crippen molar-refractivity contribution < 1.29 is 23.9 Å². The number of nitrogens with zero attached hydrogens (tertiary/aromatic N) is 1. The summed E-state index contributed by atoms with van der Waals surface area (Å²) >= 11 is 0.